The molecule has 0 spiro atoms. The number of nitrogens with zero attached hydrogens (tertiary/aromatic N) is 1. The molecule has 0 aromatic heterocycles. The van der Waals surface area contributed by atoms with Gasteiger partial charge in [-0.25, -0.2) is 0 Å². The van der Waals surface area contributed by atoms with Gasteiger partial charge in [-0.1, -0.05) is 19.8 Å². The van der Waals surface area contributed by atoms with Crippen molar-refractivity contribution in [3.05, 3.63) is 12.2 Å². The third-order valence-corrected chi connectivity index (χ3v) is 1.09. The van der Waals surface area contributed by atoms with E-state index in [0.29, 0.717) is 0 Å². The highest BCUT2D eigenvalue weighted by atomic mass is 14.2. The van der Waals surface area contributed by atoms with E-state index in [-0.39, 0.29) is 0 Å². The van der Waals surface area contributed by atoms with Crippen LogP contribution in [-0.4, -0.2) is 0 Å². The van der Waals surface area contributed by atoms with Crippen molar-refractivity contribution < 1.29 is 0 Å². The fraction of sp³-hybridized carbons (Fsp3) is 0.625. The lowest BCUT2D eigenvalue weighted by Gasteiger charge is -1.87. The van der Waals surface area contributed by atoms with Crippen LogP contribution in [-0.2, 0) is 0 Å². The maximum atomic E-state index is 8.05. The van der Waals surface area contributed by atoms with Gasteiger partial charge < -0.3 is 0 Å². The van der Waals surface area contributed by atoms with E-state index in [1.165, 1.54) is 18.9 Å². The summed E-state index contributed by atoms with van der Waals surface area (Å²) in [6, 6.07) is 1.91. The number of hydrogen-bond donors (Lipinski definition) is 0. The van der Waals surface area contributed by atoms with E-state index in [1.807, 2.05) is 6.07 Å². The zero-order chi connectivity index (χ0) is 6.95. The van der Waals surface area contributed by atoms with E-state index in [2.05, 4.69) is 13.0 Å². The third-order valence-electron chi connectivity index (χ3n) is 1.09. The Labute approximate surface area is 57.0 Å². The van der Waals surface area contributed by atoms with Crippen molar-refractivity contribution in [1.82, 2.24) is 0 Å². The van der Waals surface area contributed by atoms with Gasteiger partial charge in [0.05, 0.1) is 6.07 Å². The molecule has 49 valence electrons. The Kier molecular flexibility index (Phi) is 6.61. The van der Waals surface area contributed by atoms with Crippen molar-refractivity contribution in [2.24, 2.45) is 0 Å². The Balaban J connectivity index is 2.93. The Bertz CT molecular complexity index is 108. The summed E-state index contributed by atoms with van der Waals surface area (Å²) in [5.74, 6) is 0. The van der Waals surface area contributed by atoms with E-state index in [0.717, 1.165) is 12.8 Å². The molecule has 9 heavy (non-hydrogen) atoms. The molecule has 0 amide bonds. The molecule has 0 aromatic rings. The van der Waals surface area contributed by atoms with Crippen LogP contribution >= 0.6 is 0 Å². The maximum Gasteiger partial charge on any atom is 0.0915 e. The lowest BCUT2D eigenvalue weighted by Crippen LogP contribution is -1.70. The Morgan fingerprint density at radius 3 is 2.78 bits per heavy atom. The highest BCUT2D eigenvalue weighted by molar-refractivity contribution is 4.96. The average Bonchev–Trinajstić information content (AvgIpc) is 1.89. The van der Waals surface area contributed by atoms with E-state index in [1.54, 1.807) is 0 Å². The van der Waals surface area contributed by atoms with Crippen molar-refractivity contribution in [3.63, 3.8) is 0 Å². The Morgan fingerprint density at radius 1 is 1.44 bits per heavy atom. The van der Waals surface area contributed by atoms with Gasteiger partial charge in [-0.05, 0) is 18.9 Å². The second-order valence-corrected chi connectivity index (χ2v) is 1.93. The first kappa shape index (κ1) is 8.23. The molecule has 0 rings (SSSR count). The molecule has 1 heteroatoms. The second kappa shape index (κ2) is 7.23. The topological polar surface area (TPSA) is 23.8 Å². The standard InChI is InChI=1S/C8H12N/c1-2-3-4-5-6-7-8-9/h7H,2-5H2,1H3. The smallest absolute Gasteiger partial charge is 0.0915 e. The van der Waals surface area contributed by atoms with Crippen LogP contribution in [0.15, 0.2) is 6.08 Å². The Morgan fingerprint density at radius 2 is 2.22 bits per heavy atom. The monoisotopic (exact) mass is 122 g/mol. The minimum Gasteiger partial charge on any atom is -0.193 e. The molecule has 0 aliphatic heterocycles. The molecule has 0 aromatic carbocycles. The fourth-order valence-corrected chi connectivity index (χ4v) is 0.595. The molecule has 0 saturated heterocycles. The van der Waals surface area contributed by atoms with Crippen LogP contribution in [0.5, 0.6) is 0 Å². The van der Waals surface area contributed by atoms with Crippen LogP contribution in [0.2, 0.25) is 0 Å². The van der Waals surface area contributed by atoms with E-state index >= 15 is 0 Å². The third kappa shape index (κ3) is 7.23. The second-order valence-electron chi connectivity index (χ2n) is 1.93. The quantitative estimate of drug-likeness (QED) is 0.415. The zero-order valence-electron chi connectivity index (χ0n) is 5.85. The first-order valence-electron chi connectivity index (χ1n) is 3.36. The summed E-state index contributed by atoms with van der Waals surface area (Å²) < 4.78 is 0. The summed E-state index contributed by atoms with van der Waals surface area (Å²) in [4.78, 5) is 0. The van der Waals surface area contributed by atoms with Gasteiger partial charge in [0.25, 0.3) is 0 Å². The molecule has 0 N–H and O–H groups in total. The average molecular weight is 122 g/mol. The minimum absolute atomic E-state index is 0.932. The molecule has 1 radical (unpaired) electrons. The molecule has 0 heterocycles. The molecule has 0 atom stereocenters. The van der Waals surface area contributed by atoms with Crippen LogP contribution in [0, 0.1) is 17.4 Å². The van der Waals surface area contributed by atoms with Gasteiger partial charge in [-0.3, -0.25) is 0 Å². The van der Waals surface area contributed by atoms with Crippen molar-refractivity contribution in [3.8, 4) is 6.07 Å². The summed E-state index contributed by atoms with van der Waals surface area (Å²) in [6.07, 6.45) is 8.88. The van der Waals surface area contributed by atoms with Crippen LogP contribution in [0.1, 0.15) is 32.6 Å². The summed E-state index contributed by atoms with van der Waals surface area (Å²) in [6.45, 7) is 2.16. The van der Waals surface area contributed by atoms with Gasteiger partial charge in [-0.15, -0.1) is 0 Å². The molecular formula is C8H12N. The predicted octanol–water partition coefficient (Wildman–Crippen LogP) is 2.45. The molecule has 0 bridgehead atoms. The van der Waals surface area contributed by atoms with Crippen molar-refractivity contribution in [2.45, 2.75) is 32.6 Å². The van der Waals surface area contributed by atoms with Gasteiger partial charge in [0.15, 0.2) is 0 Å². The van der Waals surface area contributed by atoms with Crippen molar-refractivity contribution >= 4 is 0 Å². The van der Waals surface area contributed by atoms with Crippen molar-refractivity contribution in [1.29, 1.82) is 5.26 Å². The SMILES string of the molecule is CCCCC/[C]=C/C#N. The van der Waals surface area contributed by atoms with E-state index in [4.69, 9.17) is 5.26 Å². The molecular weight excluding hydrogens is 110 g/mol. The molecule has 1 nitrogen and oxygen atoms in total. The largest absolute Gasteiger partial charge is 0.193 e. The van der Waals surface area contributed by atoms with E-state index in [9.17, 15) is 0 Å². The number of nitriles is 1. The summed E-state index contributed by atoms with van der Waals surface area (Å²) in [7, 11) is 0. The molecule has 0 fully saturated rings. The number of allylic oxidation sites excluding steroid dienone is 2. The molecule has 0 saturated carbocycles. The fourth-order valence-electron chi connectivity index (χ4n) is 0.595. The first-order chi connectivity index (χ1) is 4.41. The van der Waals surface area contributed by atoms with Crippen LogP contribution in [0.25, 0.3) is 0 Å². The molecule has 0 unspecified atom stereocenters. The van der Waals surface area contributed by atoms with Gasteiger partial charge in [-0.2, -0.15) is 5.26 Å². The first-order valence-corrected chi connectivity index (χ1v) is 3.36. The predicted molar refractivity (Wildman–Crippen MR) is 37.6 cm³/mol. The highest BCUT2D eigenvalue weighted by Crippen LogP contribution is 1.97. The highest BCUT2D eigenvalue weighted by Gasteiger charge is 1.80. The van der Waals surface area contributed by atoms with Gasteiger partial charge in [0, 0.05) is 6.08 Å². The summed E-state index contributed by atoms with van der Waals surface area (Å²) in [5.41, 5.74) is 0. The van der Waals surface area contributed by atoms with Crippen LogP contribution < -0.4 is 0 Å². The normalized spacial score (nSPS) is 9.78. The lowest BCUT2D eigenvalue weighted by molar-refractivity contribution is 0.723. The van der Waals surface area contributed by atoms with Gasteiger partial charge in [0.2, 0.25) is 0 Å². The molecule has 0 aliphatic carbocycles. The van der Waals surface area contributed by atoms with Crippen LogP contribution in [0.4, 0.5) is 0 Å². The van der Waals surface area contributed by atoms with Gasteiger partial charge in [0.1, 0.15) is 0 Å². The summed E-state index contributed by atoms with van der Waals surface area (Å²) in [5, 5.41) is 8.05. The summed E-state index contributed by atoms with van der Waals surface area (Å²) >= 11 is 0. The van der Waals surface area contributed by atoms with E-state index < -0.39 is 0 Å². The van der Waals surface area contributed by atoms with Gasteiger partial charge >= 0.3 is 0 Å². The molecule has 0 aliphatic rings. The van der Waals surface area contributed by atoms with Crippen molar-refractivity contribution in [2.75, 3.05) is 0 Å². The minimum atomic E-state index is 0.932. The zero-order valence-corrected chi connectivity index (χ0v) is 5.85. The lowest BCUT2D eigenvalue weighted by atomic mass is 10.2. The number of rotatable bonds is 4. The maximum absolute atomic E-state index is 8.05. The number of unbranched alkanes of at least 4 members (excludes halogenated alkanes) is 3. The van der Waals surface area contributed by atoms with Crippen LogP contribution in [0.3, 0.4) is 0 Å². The Hall–Kier alpha value is -0.770. The number of hydrogen-bond acceptors (Lipinski definition) is 1.